The lowest BCUT2D eigenvalue weighted by Gasteiger charge is -2.42. The highest BCUT2D eigenvalue weighted by atomic mass is 19.1. The average molecular weight is 702 g/mol. The number of rotatable bonds is 8. The number of aromatic nitrogens is 1. The number of carbonyl (C=O) groups is 2. The lowest BCUT2D eigenvalue weighted by atomic mass is 9.87. The molecule has 12 heteroatoms. The monoisotopic (exact) mass is 701 g/mol. The number of amides is 2. The van der Waals surface area contributed by atoms with Gasteiger partial charge in [0.05, 0.1) is 7.11 Å². The van der Waals surface area contributed by atoms with Gasteiger partial charge in [-0.2, -0.15) is 0 Å². The van der Waals surface area contributed by atoms with Crippen LogP contribution in [0.3, 0.4) is 0 Å². The zero-order valence-electron chi connectivity index (χ0n) is 28.8. The number of methoxy groups -OCH3 is 1. The molecule has 1 aromatic heterocycles. The van der Waals surface area contributed by atoms with Gasteiger partial charge in [0.25, 0.3) is 5.56 Å². The summed E-state index contributed by atoms with van der Waals surface area (Å²) in [6.07, 6.45) is 5.82. The number of hydrogen-bond acceptors (Lipinski definition) is 7. The summed E-state index contributed by atoms with van der Waals surface area (Å²) >= 11 is 0. The summed E-state index contributed by atoms with van der Waals surface area (Å²) in [5, 5.41) is 6.14. The van der Waals surface area contributed by atoms with E-state index in [1.54, 1.807) is 19.3 Å². The minimum Gasteiger partial charge on any atom is -0.496 e. The van der Waals surface area contributed by atoms with Crippen LogP contribution in [0.5, 0.6) is 5.75 Å². The Kier molecular flexibility index (Phi) is 9.89. The third-order valence-electron chi connectivity index (χ3n) is 10.8. The molecule has 9 nitrogen and oxygen atoms in total. The molecule has 3 fully saturated rings. The molecule has 0 bridgehead atoms. The van der Waals surface area contributed by atoms with Crippen LogP contribution in [0.2, 0.25) is 0 Å². The number of carbonyl (C=O) groups excluding carboxylic acids is 2. The first-order valence-electron chi connectivity index (χ1n) is 17.6. The van der Waals surface area contributed by atoms with E-state index >= 15 is 8.78 Å². The number of hydrogen-bond donors (Lipinski definition) is 2. The van der Waals surface area contributed by atoms with Crippen molar-refractivity contribution in [1.29, 1.82) is 0 Å². The van der Waals surface area contributed by atoms with Gasteiger partial charge in [-0.3, -0.25) is 24.6 Å². The van der Waals surface area contributed by atoms with E-state index in [9.17, 15) is 18.8 Å². The smallest absolute Gasteiger partial charge is 0.258 e. The fourth-order valence-electron chi connectivity index (χ4n) is 7.99. The molecule has 3 aliphatic heterocycles. The topological polar surface area (TPSA) is 95.9 Å². The van der Waals surface area contributed by atoms with E-state index in [4.69, 9.17) is 4.74 Å². The maximum absolute atomic E-state index is 15.8. The Morgan fingerprint density at radius 1 is 0.863 bits per heavy atom. The van der Waals surface area contributed by atoms with Crippen LogP contribution in [0.4, 0.5) is 18.9 Å². The van der Waals surface area contributed by atoms with Crippen molar-refractivity contribution in [1.82, 2.24) is 19.7 Å². The van der Waals surface area contributed by atoms with E-state index in [1.807, 2.05) is 12.1 Å². The molecule has 3 aromatic carbocycles. The molecule has 0 aliphatic carbocycles. The third kappa shape index (κ3) is 7.25. The highest BCUT2D eigenvalue weighted by Gasteiger charge is 2.31. The molecule has 4 heterocycles. The molecule has 1 unspecified atom stereocenters. The summed E-state index contributed by atoms with van der Waals surface area (Å²) in [5.74, 6) is -1.34. The van der Waals surface area contributed by atoms with Gasteiger partial charge < -0.3 is 19.5 Å². The van der Waals surface area contributed by atoms with Crippen LogP contribution < -0.4 is 20.9 Å². The number of aryl methyl sites for hydroxylation is 1. The van der Waals surface area contributed by atoms with Crippen molar-refractivity contribution < 1.29 is 27.5 Å². The molecule has 3 aliphatic rings. The largest absolute Gasteiger partial charge is 0.496 e. The Morgan fingerprint density at radius 3 is 2.33 bits per heavy atom. The molecule has 2 N–H and O–H groups in total. The third-order valence-corrected chi connectivity index (χ3v) is 10.8. The van der Waals surface area contributed by atoms with E-state index in [1.165, 1.54) is 42.0 Å². The van der Waals surface area contributed by atoms with Gasteiger partial charge in [-0.25, -0.2) is 13.2 Å². The summed E-state index contributed by atoms with van der Waals surface area (Å²) in [6, 6.07) is 12.1. The number of pyridine rings is 1. The Hall–Kier alpha value is -4.68. The van der Waals surface area contributed by atoms with Crippen LogP contribution in [-0.4, -0.2) is 71.6 Å². The zero-order chi connectivity index (χ0) is 35.8. The van der Waals surface area contributed by atoms with Crippen molar-refractivity contribution in [3.63, 3.8) is 0 Å². The minimum atomic E-state index is -0.558. The van der Waals surface area contributed by atoms with Gasteiger partial charge in [0, 0.05) is 54.5 Å². The Morgan fingerprint density at radius 2 is 1.63 bits per heavy atom. The second-order valence-electron chi connectivity index (χ2n) is 14.0. The molecule has 0 saturated carbocycles. The summed E-state index contributed by atoms with van der Waals surface area (Å²) in [5.41, 5.74) is 2.46. The molecule has 0 spiro atoms. The fraction of sp³-hybridized carbons (Fsp3) is 0.410. The second-order valence-corrected chi connectivity index (χ2v) is 14.0. The minimum absolute atomic E-state index is 0.113. The van der Waals surface area contributed by atoms with Gasteiger partial charge in [0.1, 0.15) is 29.2 Å². The molecule has 3 saturated heterocycles. The summed E-state index contributed by atoms with van der Waals surface area (Å²) in [7, 11) is 3.13. The molecule has 51 heavy (non-hydrogen) atoms. The first-order chi connectivity index (χ1) is 24.6. The highest BCUT2D eigenvalue weighted by Crippen LogP contribution is 2.36. The van der Waals surface area contributed by atoms with Crippen molar-refractivity contribution in [2.24, 2.45) is 7.05 Å². The molecule has 4 aromatic rings. The number of anilines is 1. The molecule has 0 radical (unpaired) electrons. The van der Waals surface area contributed by atoms with Crippen molar-refractivity contribution in [2.75, 3.05) is 38.6 Å². The number of benzene rings is 3. The Balaban J connectivity index is 0.949. The highest BCUT2D eigenvalue weighted by molar-refractivity contribution is 6.01. The number of ether oxygens (including phenoxy) is 1. The van der Waals surface area contributed by atoms with Gasteiger partial charge >= 0.3 is 0 Å². The molecule has 268 valence electrons. The number of likely N-dealkylation sites (tertiary alicyclic amines) is 2. The van der Waals surface area contributed by atoms with Gasteiger partial charge in [0.2, 0.25) is 11.8 Å². The molecular formula is C39H42F3N5O4. The van der Waals surface area contributed by atoms with E-state index < -0.39 is 17.7 Å². The maximum atomic E-state index is 15.8. The lowest BCUT2D eigenvalue weighted by molar-refractivity contribution is -0.133. The SMILES string of the molecule is COc1cc(-c2cn(C)c(=O)c3ccc(F)cc23)cc(F)c1CN1CCC(N2CCC(c3ccc(NC4CCC(=O)NC4=O)cc3F)CC2)CC1. The number of imide groups is 1. The van der Waals surface area contributed by atoms with Crippen LogP contribution in [0.25, 0.3) is 21.9 Å². The Bertz CT molecular complexity index is 2040. The van der Waals surface area contributed by atoms with Gasteiger partial charge in [-0.1, -0.05) is 6.07 Å². The van der Waals surface area contributed by atoms with Crippen LogP contribution >= 0.6 is 0 Å². The van der Waals surface area contributed by atoms with Crippen LogP contribution in [-0.2, 0) is 23.2 Å². The summed E-state index contributed by atoms with van der Waals surface area (Å²) in [6.45, 7) is 3.74. The average Bonchev–Trinajstić information content (AvgIpc) is 3.12. The van der Waals surface area contributed by atoms with E-state index in [0.29, 0.717) is 63.5 Å². The van der Waals surface area contributed by atoms with Gasteiger partial charge in [0.15, 0.2) is 0 Å². The van der Waals surface area contributed by atoms with Crippen molar-refractivity contribution in [3.8, 4) is 16.9 Å². The molecule has 7 rings (SSSR count). The Labute approximate surface area is 294 Å². The molecule has 2 amide bonds. The van der Waals surface area contributed by atoms with Crippen LogP contribution in [0, 0.1) is 17.5 Å². The fourth-order valence-corrected chi connectivity index (χ4v) is 7.99. The predicted molar refractivity (Wildman–Crippen MR) is 189 cm³/mol. The number of fused-ring (bicyclic) bond motifs is 1. The predicted octanol–water partition coefficient (Wildman–Crippen LogP) is 5.69. The number of piperidine rings is 3. The van der Waals surface area contributed by atoms with E-state index in [2.05, 4.69) is 20.4 Å². The van der Waals surface area contributed by atoms with E-state index in [0.717, 1.165) is 51.9 Å². The van der Waals surface area contributed by atoms with Crippen LogP contribution in [0.1, 0.15) is 55.6 Å². The van der Waals surface area contributed by atoms with Gasteiger partial charge in [-0.05, 0) is 123 Å². The molecular weight excluding hydrogens is 659 g/mol. The van der Waals surface area contributed by atoms with Crippen molar-refractivity contribution in [3.05, 3.63) is 93.7 Å². The zero-order valence-corrected chi connectivity index (χ0v) is 28.8. The first-order valence-corrected chi connectivity index (χ1v) is 17.6. The normalized spacial score (nSPS) is 19.7. The number of halogens is 3. The number of nitrogens with zero attached hydrogens (tertiary/aromatic N) is 3. The van der Waals surface area contributed by atoms with Crippen molar-refractivity contribution in [2.45, 2.75) is 63.1 Å². The van der Waals surface area contributed by atoms with Crippen LogP contribution in [0.15, 0.2) is 59.5 Å². The van der Waals surface area contributed by atoms with Gasteiger partial charge in [-0.15, -0.1) is 0 Å². The first kappa shape index (κ1) is 34.8. The van der Waals surface area contributed by atoms with E-state index in [-0.39, 0.29) is 35.5 Å². The lowest BCUT2D eigenvalue weighted by Crippen LogP contribution is -2.47. The second kappa shape index (κ2) is 14.5. The standard InChI is InChI=1S/C39H42F3N5O4/c1-45-21-31(30-19-25(40)3-5-29(30)39(45)50)24-17-33(41)32(36(18-24)51-2)22-46-13-11-27(12-14-46)47-15-9-23(10-16-47)28-6-4-26(20-34(28)42)43-35-7-8-37(48)44-38(35)49/h3-6,17-21,23,27,35,43H,7-16,22H2,1-2H3,(H,44,48,49). The van der Waals surface area contributed by atoms with Crippen molar-refractivity contribution >= 4 is 28.3 Å². The summed E-state index contributed by atoms with van der Waals surface area (Å²) in [4.78, 5) is 40.9. The summed E-state index contributed by atoms with van der Waals surface area (Å²) < 4.78 is 52.3. The molecule has 1 atom stereocenters. The maximum Gasteiger partial charge on any atom is 0.258 e. The quantitative estimate of drug-likeness (QED) is 0.228. The number of nitrogens with one attached hydrogen (secondary N) is 2.